The van der Waals surface area contributed by atoms with Crippen molar-refractivity contribution in [3.05, 3.63) is 50.4 Å². The smallest absolute Gasteiger partial charge is 0.305 e. The third-order valence-corrected chi connectivity index (χ3v) is 5.29. The summed E-state index contributed by atoms with van der Waals surface area (Å²) in [7, 11) is 0. The normalized spacial score (nSPS) is 22.2. The minimum Gasteiger partial charge on any atom is -0.307 e. The van der Waals surface area contributed by atoms with E-state index in [0.29, 0.717) is 0 Å². The van der Waals surface area contributed by atoms with Gasteiger partial charge in [-0.05, 0) is 5.56 Å². The Morgan fingerprint density at radius 2 is 2.11 bits per heavy atom. The molecule has 0 spiro atoms. The number of thioether (sulfide) groups is 1. The van der Waals surface area contributed by atoms with E-state index in [1.807, 2.05) is 30.3 Å². The van der Waals surface area contributed by atoms with Crippen LogP contribution in [0.3, 0.4) is 0 Å². The lowest BCUT2D eigenvalue weighted by Gasteiger charge is -2.26. The van der Waals surface area contributed by atoms with Crippen LogP contribution in [0.5, 0.6) is 0 Å². The van der Waals surface area contributed by atoms with Crippen molar-refractivity contribution in [2.45, 2.75) is 10.9 Å². The lowest BCUT2D eigenvalue weighted by molar-refractivity contribution is 0.632. The van der Waals surface area contributed by atoms with Gasteiger partial charge in [-0.25, -0.2) is 0 Å². The van der Waals surface area contributed by atoms with Gasteiger partial charge in [-0.1, -0.05) is 41.7 Å². The molecule has 0 saturated heterocycles. The summed E-state index contributed by atoms with van der Waals surface area (Å²) in [6, 6.07) is 12.3. The second kappa shape index (κ2) is 4.63. The number of nitrogens with one attached hydrogen (secondary N) is 1. The fourth-order valence-corrected chi connectivity index (χ4v) is 4.58. The van der Waals surface area contributed by atoms with Gasteiger partial charge in [0.15, 0.2) is 0 Å². The van der Waals surface area contributed by atoms with Crippen molar-refractivity contribution >= 4 is 23.1 Å². The molecule has 3 rings (SSSR count). The van der Waals surface area contributed by atoms with Crippen LogP contribution >= 0.6 is 23.1 Å². The Kier molecular flexibility index (Phi) is 2.98. The molecule has 0 radical (unpaired) electrons. The largest absolute Gasteiger partial charge is 0.307 e. The summed E-state index contributed by atoms with van der Waals surface area (Å²) >= 11 is 2.80. The van der Waals surface area contributed by atoms with Crippen molar-refractivity contribution in [1.29, 1.82) is 5.26 Å². The van der Waals surface area contributed by atoms with Crippen LogP contribution in [-0.2, 0) is 0 Å². The Hall–Kier alpha value is -1.51. The maximum atomic E-state index is 11.5. The van der Waals surface area contributed by atoms with Gasteiger partial charge in [0.05, 0.1) is 17.0 Å². The molecule has 0 aliphatic carbocycles. The van der Waals surface area contributed by atoms with E-state index in [1.54, 1.807) is 11.8 Å². The molecule has 90 valence electrons. The summed E-state index contributed by atoms with van der Waals surface area (Å²) in [5, 5.41) is 10.2. The van der Waals surface area contributed by atoms with Gasteiger partial charge in [0.1, 0.15) is 0 Å². The highest BCUT2D eigenvalue weighted by molar-refractivity contribution is 7.99. The molecular formula is C13H10N2OS2. The monoisotopic (exact) mass is 274 g/mol. The van der Waals surface area contributed by atoms with Gasteiger partial charge in [0.2, 0.25) is 0 Å². The topological polar surface area (TPSA) is 56.6 Å². The first kappa shape index (κ1) is 11.6. The number of fused-ring (bicyclic) bond motifs is 1. The van der Waals surface area contributed by atoms with Crippen LogP contribution in [0.4, 0.5) is 0 Å². The summed E-state index contributed by atoms with van der Waals surface area (Å²) in [6.07, 6.45) is 0. The maximum absolute atomic E-state index is 11.5. The first-order chi connectivity index (χ1) is 8.79. The van der Waals surface area contributed by atoms with Gasteiger partial charge in [0.25, 0.3) is 0 Å². The molecule has 1 aromatic carbocycles. The number of thiazole rings is 1. The molecule has 5 heteroatoms. The fraction of sp³-hybridized carbons (Fsp3) is 0.231. The number of nitrogens with zero attached hydrogens (tertiary/aromatic N) is 1. The van der Waals surface area contributed by atoms with Crippen LogP contribution in [0, 0.1) is 17.2 Å². The number of hydrogen-bond donors (Lipinski definition) is 1. The standard InChI is InChI=1S/C13H10N2OS2/c14-6-9-7-17-12-11(18-13(16)15-12)10(9)8-4-2-1-3-5-8/h1-5,9-10H,7H2,(H,15,16)/t9-,10-/m0/s1. The Balaban J connectivity index is 2.15. The number of H-pyrrole nitrogens is 1. The lowest BCUT2D eigenvalue weighted by atomic mass is 9.87. The van der Waals surface area contributed by atoms with Gasteiger partial charge in [-0.2, -0.15) is 5.26 Å². The summed E-state index contributed by atoms with van der Waals surface area (Å²) in [5.41, 5.74) is 1.11. The van der Waals surface area contributed by atoms with Crippen LogP contribution in [0.15, 0.2) is 40.2 Å². The Morgan fingerprint density at radius 3 is 2.83 bits per heavy atom. The first-order valence-corrected chi connectivity index (χ1v) is 7.40. The number of aromatic nitrogens is 1. The number of nitriles is 1. The highest BCUT2D eigenvalue weighted by Gasteiger charge is 2.33. The molecule has 1 aliphatic heterocycles. The Labute approximate surface area is 112 Å². The molecule has 2 atom stereocenters. The van der Waals surface area contributed by atoms with Gasteiger partial charge in [-0.3, -0.25) is 4.79 Å². The Morgan fingerprint density at radius 1 is 1.33 bits per heavy atom. The maximum Gasteiger partial charge on any atom is 0.305 e. The molecule has 0 amide bonds. The van der Waals surface area contributed by atoms with E-state index < -0.39 is 0 Å². The minimum atomic E-state index is -0.0728. The zero-order valence-corrected chi connectivity index (χ0v) is 11.1. The van der Waals surface area contributed by atoms with Crippen molar-refractivity contribution < 1.29 is 0 Å². The highest BCUT2D eigenvalue weighted by Crippen LogP contribution is 2.44. The van der Waals surface area contributed by atoms with E-state index in [0.717, 1.165) is 21.2 Å². The van der Waals surface area contributed by atoms with Crippen LogP contribution < -0.4 is 4.87 Å². The van der Waals surface area contributed by atoms with Gasteiger partial charge in [-0.15, -0.1) is 11.8 Å². The summed E-state index contributed by atoms with van der Waals surface area (Å²) in [4.78, 5) is 15.3. The number of hydrogen-bond acceptors (Lipinski definition) is 4. The molecule has 1 aliphatic rings. The van der Waals surface area contributed by atoms with Gasteiger partial charge >= 0.3 is 4.87 Å². The second-order valence-electron chi connectivity index (χ2n) is 4.14. The predicted octanol–water partition coefficient (Wildman–Crippen LogP) is 2.81. The van der Waals surface area contributed by atoms with Crippen molar-refractivity contribution in [2.75, 3.05) is 5.75 Å². The van der Waals surface area contributed by atoms with Crippen molar-refractivity contribution in [3.63, 3.8) is 0 Å². The summed E-state index contributed by atoms with van der Waals surface area (Å²) < 4.78 is 0. The summed E-state index contributed by atoms with van der Waals surface area (Å²) in [6.45, 7) is 0. The molecule has 0 unspecified atom stereocenters. The van der Waals surface area contributed by atoms with Crippen molar-refractivity contribution in [1.82, 2.24) is 4.98 Å². The molecule has 0 bridgehead atoms. The van der Waals surface area contributed by atoms with Gasteiger partial charge < -0.3 is 4.98 Å². The van der Waals surface area contributed by atoms with Crippen LogP contribution in [0.1, 0.15) is 16.4 Å². The van der Waals surface area contributed by atoms with E-state index in [-0.39, 0.29) is 16.7 Å². The molecule has 2 heterocycles. The quantitative estimate of drug-likeness (QED) is 0.870. The van der Waals surface area contributed by atoms with E-state index >= 15 is 0 Å². The van der Waals surface area contributed by atoms with E-state index in [4.69, 9.17) is 0 Å². The average Bonchev–Trinajstić information content (AvgIpc) is 2.78. The average molecular weight is 274 g/mol. The van der Waals surface area contributed by atoms with Crippen molar-refractivity contribution in [3.8, 4) is 6.07 Å². The molecule has 1 aromatic heterocycles. The highest BCUT2D eigenvalue weighted by atomic mass is 32.2. The van der Waals surface area contributed by atoms with E-state index in [2.05, 4.69) is 11.1 Å². The Bertz CT molecular complexity index is 654. The predicted molar refractivity (Wildman–Crippen MR) is 73.1 cm³/mol. The number of aromatic amines is 1. The molecular weight excluding hydrogens is 264 g/mol. The molecule has 18 heavy (non-hydrogen) atoms. The van der Waals surface area contributed by atoms with Crippen LogP contribution in [0.25, 0.3) is 0 Å². The van der Waals surface area contributed by atoms with Gasteiger partial charge in [0, 0.05) is 16.5 Å². The van der Waals surface area contributed by atoms with Crippen LogP contribution in [0.2, 0.25) is 0 Å². The molecule has 0 fully saturated rings. The third-order valence-electron chi connectivity index (χ3n) is 3.06. The number of rotatable bonds is 1. The minimum absolute atomic E-state index is 0.0244. The van der Waals surface area contributed by atoms with E-state index in [9.17, 15) is 10.1 Å². The second-order valence-corrected chi connectivity index (χ2v) is 6.19. The third kappa shape index (κ3) is 1.88. The number of benzene rings is 1. The molecule has 0 saturated carbocycles. The van der Waals surface area contributed by atoms with E-state index in [1.165, 1.54) is 11.3 Å². The lowest BCUT2D eigenvalue weighted by Crippen LogP contribution is -2.18. The fourth-order valence-electron chi connectivity index (χ4n) is 2.25. The zero-order chi connectivity index (χ0) is 12.5. The zero-order valence-electron chi connectivity index (χ0n) is 9.42. The summed E-state index contributed by atoms with van der Waals surface area (Å²) in [5.74, 6) is 0.683. The van der Waals surface area contributed by atoms with Crippen molar-refractivity contribution in [2.24, 2.45) is 5.92 Å². The molecule has 3 nitrogen and oxygen atoms in total. The SMILES string of the molecule is N#C[C@H]1CSc2[nH]c(=O)sc2[C@H]1c1ccccc1. The first-order valence-electron chi connectivity index (χ1n) is 5.60. The van der Waals surface area contributed by atoms with Crippen LogP contribution in [-0.4, -0.2) is 10.7 Å². The molecule has 1 N–H and O–H groups in total. The molecule has 2 aromatic rings.